The Morgan fingerprint density at radius 3 is 2.67 bits per heavy atom. The third-order valence-corrected chi connectivity index (χ3v) is 4.69. The van der Waals surface area contributed by atoms with E-state index in [9.17, 15) is 0 Å². The first kappa shape index (κ1) is 14.7. The van der Waals surface area contributed by atoms with Crippen molar-refractivity contribution in [2.45, 2.75) is 44.7 Å². The summed E-state index contributed by atoms with van der Waals surface area (Å²) in [5.74, 6) is 1.67. The Hall–Kier alpha value is -1.26. The largest absolute Gasteiger partial charge is 0.490 e. The molecule has 2 N–H and O–H groups in total. The van der Waals surface area contributed by atoms with Crippen molar-refractivity contribution in [3.05, 3.63) is 23.8 Å². The van der Waals surface area contributed by atoms with Crippen LogP contribution in [0.1, 0.15) is 44.7 Å². The number of hydrogen-bond donors (Lipinski definition) is 1. The summed E-state index contributed by atoms with van der Waals surface area (Å²) in [6.07, 6.45) is 3.44. The van der Waals surface area contributed by atoms with E-state index in [1.807, 2.05) is 12.1 Å². The molecule has 3 rings (SSSR count). The van der Waals surface area contributed by atoms with E-state index in [1.54, 1.807) is 0 Å². The van der Waals surface area contributed by atoms with Gasteiger partial charge in [-0.3, -0.25) is 4.90 Å². The van der Waals surface area contributed by atoms with Crippen molar-refractivity contribution >= 4 is 0 Å². The molecule has 2 heterocycles. The average Bonchev–Trinajstić information content (AvgIpc) is 2.66. The fourth-order valence-electron chi connectivity index (χ4n) is 3.26. The smallest absolute Gasteiger partial charge is 0.161 e. The molecule has 1 aromatic rings. The summed E-state index contributed by atoms with van der Waals surface area (Å²) in [5.41, 5.74) is 7.82. The Bertz CT molecular complexity index is 502. The van der Waals surface area contributed by atoms with Gasteiger partial charge in [0, 0.05) is 24.5 Å². The lowest BCUT2D eigenvalue weighted by Gasteiger charge is -2.33. The van der Waals surface area contributed by atoms with Crippen LogP contribution >= 0.6 is 0 Å². The van der Waals surface area contributed by atoms with E-state index in [2.05, 4.69) is 24.8 Å². The number of nitrogens with zero attached hydrogens (tertiary/aromatic N) is 1. The summed E-state index contributed by atoms with van der Waals surface area (Å²) in [6.45, 7) is 8.09. The van der Waals surface area contributed by atoms with Crippen LogP contribution in [-0.4, -0.2) is 36.7 Å². The highest BCUT2D eigenvalue weighted by molar-refractivity contribution is 5.44. The van der Waals surface area contributed by atoms with Gasteiger partial charge in [0.1, 0.15) is 0 Å². The lowest BCUT2D eigenvalue weighted by molar-refractivity contribution is 0.165. The molecule has 2 aliphatic rings. The normalized spacial score (nSPS) is 22.8. The highest BCUT2D eigenvalue weighted by Gasteiger charge is 2.32. The molecule has 0 amide bonds. The molecule has 1 atom stereocenters. The summed E-state index contributed by atoms with van der Waals surface area (Å²) in [5, 5.41) is 0. The Morgan fingerprint density at radius 2 is 1.95 bits per heavy atom. The van der Waals surface area contributed by atoms with E-state index in [4.69, 9.17) is 15.2 Å². The standard InChI is InChI=1S/C17H26N2O2/c1-17(2)7-3-8-19(17)12-14(18)13-5-6-15-16(11-13)21-10-4-9-20-15/h5-6,11,14H,3-4,7-10,12,18H2,1-2H3. The highest BCUT2D eigenvalue weighted by Crippen LogP contribution is 2.34. The molecule has 0 aliphatic carbocycles. The summed E-state index contributed by atoms with van der Waals surface area (Å²) >= 11 is 0. The second-order valence-corrected chi connectivity index (χ2v) is 6.73. The molecule has 1 aromatic carbocycles. The van der Waals surface area contributed by atoms with Gasteiger partial charge in [0.25, 0.3) is 0 Å². The van der Waals surface area contributed by atoms with Crippen molar-refractivity contribution in [3.8, 4) is 11.5 Å². The van der Waals surface area contributed by atoms with Crippen molar-refractivity contribution < 1.29 is 9.47 Å². The summed E-state index contributed by atoms with van der Waals surface area (Å²) in [7, 11) is 0. The lowest BCUT2D eigenvalue weighted by atomic mass is 10.0. The number of likely N-dealkylation sites (tertiary alicyclic amines) is 1. The molecule has 116 valence electrons. The van der Waals surface area contributed by atoms with Gasteiger partial charge < -0.3 is 15.2 Å². The Morgan fingerprint density at radius 1 is 1.19 bits per heavy atom. The minimum absolute atomic E-state index is 0.0135. The lowest BCUT2D eigenvalue weighted by Crippen LogP contribution is -2.42. The summed E-state index contributed by atoms with van der Waals surface area (Å²) in [4.78, 5) is 2.50. The molecule has 1 fully saturated rings. The van der Waals surface area contributed by atoms with Gasteiger partial charge in [0.15, 0.2) is 11.5 Å². The number of nitrogens with two attached hydrogens (primary N) is 1. The van der Waals surface area contributed by atoms with Crippen LogP contribution in [0.15, 0.2) is 18.2 Å². The fourth-order valence-corrected chi connectivity index (χ4v) is 3.26. The van der Waals surface area contributed by atoms with Crippen LogP contribution in [-0.2, 0) is 0 Å². The van der Waals surface area contributed by atoms with Gasteiger partial charge in [0.2, 0.25) is 0 Å². The van der Waals surface area contributed by atoms with Crippen LogP contribution in [0.3, 0.4) is 0 Å². The maximum absolute atomic E-state index is 6.43. The van der Waals surface area contributed by atoms with E-state index in [0.29, 0.717) is 6.61 Å². The minimum atomic E-state index is 0.0135. The maximum Gasteiger partial charge on any atom is 0.161 e. The predicted octanol–water partition coefficient (Wildman–Crippen LogP) is 2.72. The summed E-state index contributed by atoms with van der Waals surface area (Å²) in [6, 6.07) is 6.13. The molecule has 0 saturated carbocycles. The van der Waals surface area contributed by atoms with Crippen LogP contribution < -0.4 is 15.2 Å². The first-order chi connectivity index (χ1) is 10.1. The quantitative estimate of drug-likeness (QED) is 0.930. The molecule has 21 heavy (non-hydrogen) atoms. The van der Waals surface area contributed by atoms with Crippen molar-refractivity contribution in [2.75, 3.05) is 26.3 Å². The van der Waals surface area contributed by atoms with Crippen LogP contribution in [0.2, 0.25) is 0 Å². The third-order valence-electron chi connectivity index (χ3n) is 4.69. The first-order valence-corrected chi connectivity index (χ1v) is 7.96. The van der Waals surface area contributed by atoms with E-state index in [1.165, 1.54) is 12.8 Å². The van der Waals surface area contributed by atoms with Crippen LogP contribution in [0, 0.1) is 0 Å². The topological polar surface area (TPSA) is 47.7 Å². The maximum atomic E-state index is 6.43. The monoisotopic (exact) mass is 290 g/mol. The van der Waals surface area contributed by atoms with Gasteiger partial charge in [-0.05, 0) is 50.9 Å². The van der Waals surface area contributed by atoms with Gasteiger partial charge in [-0.1, -0.05) is 6.07 Å². The van der Waals surface area contributed by atoms with Crippen molar-refractivity contribution in [2.24, 2.45) is 5.73 Å². The minimum Gasteiger partial charge on any atom is -0.490 e. The van der Waals surface area contributed by atoms with Gasteiger partial charge in [-0.2, -0.15) is 0 Å². The van der Waals surface area contributed by atoms with E-state index >= 15 is 0 Å². The predicted molar refractivity (Wildman–Crippen MR) is 83.9 cm³/mol. The zero-order valence-corrected chi connectivity index (χ0v) is 13.1. The Kier molecular flexibility index (Phi) is 4.09. The molecule has 0 spiro atoms. The average molecular weight is 290 g/mol. The van der Waals surface area contributed by atoms with Crippen LogP contribution in [0.5, 0.6) is 11.5 Å². The van der Waals surface area contributed by atoms with Crippen LogP contribution in [0.4, 0.5) is 0 Å². The third kappa shape index (κ3) is 3.16. The Balaban J connectivity index is 1.73. The molecular formula is C17H26N2O2. The first-order valence-electron chi connectivity index (χ1n) is 7.96. The number of benzene rings is 1. The van der Waals surface area contributed by atoms with Gasteiger partial charge in [0.05, 0.1) is 13.2 Å². The molecule has 4 heteroatoms. The second kappa shape index (κ2) is 5.85. The van der Waals surface area contributed by atoms with E-state index < -0.39 is 0 Å². The molecular weight excluding hydrogens is 264 g/mol. The molecule has 0 aromatic heterocycles. The van der Waals surface area contributed by atoms with Gasteiger partial charge in [-0.25, -0.2) is 0 Å². The number of rotatable bonds is 3. The van der Waals surface area contributed by atoms with Crippen LogP contribution in [0.25, 0.3) is 0 Å². The molecule has 0 radical (unpaired) electrons. The highest BCUT2D eigenvalue weighted by atomic mass is 16.5. The van der Waals surface area contributed by atoms with Gasteiger partial charge in [-0.15, -0.1) is 0 Å². The SMILES string of the molecule is CC1(C)CCCN1CC(N)c1ccc2c(c1)OCCCO2. The van der Waals surface area contributed by atoms with Gasteiger partial charge >= 0.3 is 0 Å². The molecule has 2 aliphatic heterocycles. The number of hydrogen-bond acceptors (Lipinski definition) is 4. The molecule has 4 nitrogen and oxygen atoms in total. The molecule has 1 unspecified atom stereocenters. The summed E-state index contributed by atoms with van der Waals surface area (Å²) < 4.78 is 11.4. The second-order valence-electron chi connectivity index (χ2n) is 6.73. The zero-order valence-electron chi connectivity index (χ0n) is 13.1. The number of fused-ring (bicyclic) bond motifs is 1. The van der Waals surface area contributed by atoms with Crippen molar-refractivity contribution in [1.29, 1.82) is 0 Å². The Labute approximate surface area is 127 Å². The van der Waals surface area contributed by atoms with E-state index in [-0.39, 0.29) is 11.6 Å². The van der Waals surface area contributed by atoms with Crippen molar-refractivity contribution in [1.82, 2.24) is 4.90 Å². The number of ether oxygens (including phenoxy) is 2. The zero-order chi connectivity index (χ0) is 14.9. The van der Waals surface area contributed by atoms with Crippen molar-refractivity contribution in [3.63, 3.8) is 0 Å². The fraction of sp³-hybridized carbons (Fsp3) is 0.647. The molecule has 1 saturated heterocycles. The van der Waals surface area contributed by atoms with E-state index in [0.717, 1.165) is 43.2 Å². The molecule has 0 bridgehead atoms.